The Balaban J connectivity index is 2.34. The van der Waals surface area contributed by atoms with Gasteiger partial charge in [-0.25, -0.2) is 0 Å². The summed E-state index contributed by atoms with van der Waals surface area (Å²) in [6, 6.07) is 8.59. The van der Waals surface area contributed by atoms with Gasteiger partial charge in [0.15, 0.2) is 5.75 Å². The number of rotatable bonds is 5. The third-order valence-electron chi connectivity index (χ3n) is 2.70. The van der Waals surface area contributed by atoms with Crippen LogP contribution in [0.5, 0.6) is 11.5 Å². The first-order chi connectivity index (χ1) is 9.67. The van der Waals surface area contributed by atoms with E-state index in [2.05, 4.69) is 0 Å². The van der Waals surface area contributed by atoms with Gasteiger partial charge in [0.2, 0.25) is 5.78 Å². The predicted molar refractivity (Wildman–Crippen MR) is 76.7 cm³/mol. The summed E-state index contributed by atoms with van der Waals surface area (Å²) in [4.78, 5) is 24.3. The minimum atomic E-state index is -0.363. The Hall–Kier alpha value is -2.14. The van der Waals surface area contributed by atoms with Crippen molar-refractivity contribution in [2.75, 3.05) is 7.11 Å². The second kappa shape index (κ2) is 6.34. The zero-order valence-corrected chi connectivity index (χ0v) is 12.0. The SMILES string of the molecule is CCC(=O)Oc1ccsc1C(=O)c1ccccc1OC. The molecule has 4 nitrogen and oxygen atoms in total. The smallest absolute Gasteiger partial charge is 0.310 e. The number of esters is 1. The largest absolute Gasteiger partial charge is 0.496 e. The van der Waals surface area contributed by atoms with Gasteiger partial charge in [0, 0.05) is 6.42 Å². The van der Waals surface area contributed by atoms with E-state index in [0.717, 1.165) is 0 Å². The molecule has 0 unspecified atom stereocenters. The lowest BCUT2D eigenvalue weighted by atomic mass is 10.1. The molecule has 1 heterocycles. The molecule has 104 valence electrons. The molecule has 0 aliphatic heterocycles. The number of benzene rings is 1. The van der Waals surface area contributed by atoms with Gasteiger partial charge in [0.05, 0.1) is 12.7 Å². The van der Waals surface area contributed by atoms with Crippen LogP contribution < -0.4 is 9.47 Å². The molecule has 2 rings (SSSR count). The van der Waals surface area contributed by atoms with Crippen molar-refractivity contribution in [3.63, 3.8) is 0 Å². The van der Waals surface area contributed by atoms with Crippen molar-refractivity contribution < 1.29 is 19.1 Å². The van der Waals surface area contributed by atoms with E-state index in [1.54, 1.807) is 42.6 Å². The molecule has 2 aromatic rings. The van der Waals surface area contributed by atoms with Gasteiger partial charge in [-0.1, -0.05) is 19.1 Å². The first kappa shape index (κ1) is 14.3. The normalized spacial score (nSPS) is 10.1. The Bertz CT molecular complexity index is 630. The zero-order chi connectivity index (χ0) is 14.5. The number of ether oxygens (including phenoxy) is 2. The fourth-order valence-corrected chi connectivity index (χ4v) is 2.46. The van der Waals surface area contributed by atoms with Crippen molar-refractivity contribution in [1.82, 2.24) is 0 Å². The Morgan fingerprint density at radius 1 is 1.15 bits per heavy atom. The molecule has 0 amide bonds. The first-order valence-corrected chi connectivity index (χ1v) is 7.01. The number of carbonyl (C=O) groups is 2. The maximum Gasteiger partial charge on any atom is 0.310 e. The van der Waals surface area contributed by atoms with Gasteiger partial charge in [-0.3, -0.25) is 9.59 Å². The molecular weight excluding hydrogens is 276 g/mol. The fourth-order valence-electron chi connectivity index (χ4n) is 1.69. The summed E-state index contributed by atoms with van der Waals surface area (Å²) in [7, 11) is 1.51. The molecule has 0 bridgehead atoms. The van der Waals surface area contributed by atoms with Crippen molar-refractivity contribution in [2.45, 2.75) is 13.3 Å². The average Bonchev–Trinajstić information content (AvgIpc) is 2.94. The van der Waals surface area contributed by atoms with Crippen LogP contribution in [0.3, 0.4) is 0 Å². The molecule has 0 fully saturated rings. The fraction of sp³-hybridized carbons (Fsp3) is 0.200. The van der Waals surface area contributed by atoms with E-state index in [1.807, 2.05) is 0 Å². The van der Waals surface area contributed by atoms with E-state index in [9.17, 15) is 9.59 Å². The highest BCUT2D eigenvalue weighted by atomic mass is 32.1. The summed E-state index contributed by atoms with van der Waals surface area (Å²) >= 11 is 1.24. The molecule has 0 spiro atoms. The number of para-hydroxylation sites is 1. The van der Waals surface area contributed by atoms with Gasteiger partial charge in [-0.2, -0.15) is 0 Å². The van der Waals surface area contributed by atoms with E-state index in [1.165, 1.54) is 18.4 Å². The molecule has 5 heteroatoms. The van der Waals surface area contributed by atoms with Crippen LogP contribution in [0.15, 0.2) is 35.7 Å². The number of carbonyl (C=O) groups excluding carboxylic acids is 2. The summed E-state index contributed by atoms with van der Waals surface area (Å²) < 4.78 is 10.3. The summed E-state index contributed by atoms with van der Waals surface area (Å²) in [5, 5.41) is 1.72. The minimum Gasteiger partial charge on any atom is -0.496 e. The van der Waals surface area contributed by atoms with Crippen LogP contribution in [0.4, 0.5) is 0 Å². The highest BCUT2D eigenvalue weighted by Crippen LogP contribution is 2.30. The maximum absolute atomic E-state index is 12.5. The molecule has 0 aliphatic rings. The maximum atomic E-state index is 12.5. The molecular formula is C15H14O4S. The van der Waals surface area contributed by atoms with Crippen molar-refractivity contribution in [3.05, 3.63) is 46.2 Å². The van der Waals surface area contributed by atoms with Crippen molar-refractivity contribution in [3.8, 4) is 11.5 Å². The molecule has 0 aliphatic carbocycles. The van der Waals surface area contributed by atoms with E-state index in [-0.39, 0.29) is 18.2 Å². The molecule has 1 aromatic heterocycles. The Kier molecular flexibility index (Phi) is 4.53. The lowest BCUT2D eigenvalue weighted by Crippen LogP contribution is -2.09. The molecule has 0 saturated heterocycles. The van der Waals surface area contributed by atoms with Gasteiger partial charge >= 0.3 is 5.97 Å². The second-order valence-electron chi connectivity index (χ2n) is 3.97. The quantitative estimate of drug-likeness (QED) is 0.626. The molecule has 1 aromatic carbocycles. The van der Waals surface area contributed by atoms with E-state index >= 15 is 0 Å². The van der Waals surface area contributed by atoms with Crippen LogP contribution in [0.25, 0.3) is 0 Å². The highest BCUT2D eigenvalue weighted by molar-refractivity contribution is 7.12. The summed E-state index contributed by atoms with van der Waals surface area (Å²) in [6.07, 6.45) is 0.262. The van der Waals surface area contributed by atoms with E-state index in [0.29, 0.717) is 21.9 Å². The Labute approximate surface area is 121 Å². The standard InChI is InChI=1S/C15H14O4S/c1-3-13(16)19-12-8-9-20-15(12)14(17)10-6-4-5-7-11(10)18-2/h4-9H,3H2,1-2H3. The number of thiophene rings is 1. The number of methoxy groups -OCH3 is 1. The summed E-state index contributed by atoms with van der Waals surface area (Å²) in [6.45, 7) is 1.70. The van der Waals surface area contributed by atoms with Crippen LogP contribution in [0.2, 0.25) is 0 Å². The van der Waals surface area contributed by atoms with Crippen LogP contribution in [-0.2, 0) is 4.79 Å². The van der Waals surface area contributed by atoms with Crippen LogP contribution >= 0.6 is 11.3 Å². The highest BCUT2D eigenvalue weighted by Gasteiger charge is 2.20. The third-order valence-corrected chi connectivity index (χ3v) is 3.59. The van der Waals surface area contributed by atoms with Gasteiger partial charge in [0.1, 0.15) is 10.6 Å². The molecule has 0 radical (unpaired) electrons. The molecule has 0 atom stereocenters. The van der Waals surface area contributed by atoms with Crippen molar-refractivity contribution in [1.29, 1.82) is 0 Å². The van der Waals surface area contributed by atoms with E-state index < -0.39 is 0 Å². The predicted octanol–water partition coefficient (Wildman–Crippen LogP) is 3.30. The number of hydrogen-bond acceptors (Lipinski definition) is 5. The Morgan fingerprint density at radius 2 is 1.90 bits per heavy atom. The monoisotopic (exact) mass is 290 g/mol. The minimum absolute atomic E-state index is 0.212. The Morgan fingerprint density at radius 3 is 2.60 bits per heavy atom. The van der Waals surface area contributed by atoms with Gasteiger partial charge in [-0.15, -0.1) is 11.3 Å². The molecule has 0 saturated carbocycles. The van der Waals surface area contributed by atoms with Crippen LogP contribution in [0, 0.1) is 0 Å². The van der Waals surface area contributed by atoms with Gasteiger partial charge in [0.25, 0.3) is 0 Å². The van der Waals surface area contributed by atoms with Crippen LogP contribution in [-0.4, -0.2) is 18.9 Å². The second-order valence-corrected chi connectivity index (χ2v) is 4.89. The van der Waals surface area contributed by atoms with Gasteiger partial charge in [-0.05, 0) is 23.6 Å². The van der Waals surface area contributed by atoms with Crippen molar-refractivity contribution in [2.24, 2.45) is 0 Å². The van der Waals surface area contributed by atoms with Gasteiger partial charge < -0.3 is 9.47 Å². The third kappa shape index (κ3) is 2.88. The number of hydrogen-bond donors (Lipinski definition) is 0. The topological polar surface area (TPSA) is 52.6 Å². The lowest BCUT2D eigenvalue weighted by Gasteiger charge is -2.07. The summed E-state index contributed by atoms with van der Waals surface area (Å²) in [5.74, 6) is 0.227. The number of ketones is 1. The van der Waals surface area contributed by atoms with Crippen molar-refractivity contribution >= 4 is 23.1 Å². The zero-order valence-electron chi connectivity index (χ0n) is 11.2. The molecule has 20 heavy (non-hydrogen) atoms. The van der Waals surface area contributed by atoms with E-state index in [4.69, 9.17) is 9.47 Å². The first-order valence-electron chi connectivity index (χ1n) is 6.13. The lowest BCUT2D eigenvalue weighted by molar-refractivity contribution is -0.133. The van der Waals surface area contributed by atoms with Crippen LogP contribution in [0.1, 0.15) is 28.6 Å². The summed E-state index contributed by atoms with van der Waals surface area (Å²) in [5.41, 5.74) is 0.450. The molecule has 0 N–H and O–H groups in total. The average molecular weight is 290 g/mol.